The Morgan fingerprint density at radius 1 is 1.35 bits per heavy atom. The summed E-state index contributed by atoms with van der Waals surface area (Å²) in [6, 6.07) is 8.05. The first kappa shape index (κ1) is 13.2. The van der Waals surface area contributed by atoms with Crippen LogP contribution in [0, 0.1) is 6.92 Å². The molecule has 0 spiro atoms. The Bertz CT molecular complexity index is 666. The zero-order chi connectivity index (χ0) is 14.3. The molecule has 0 radical (unpaired) electrons. The molecule has 2 aromatic rings. The standard InChI is InChI=1S/C15H15BrN2O2/c1-9-5-12(8-20-9)14(16)10-3-4-13-11(6-10)7-18(2)15(19)17-13/h3-6,8,14H,7H2,1-2H3,(H,17,19). The number of halogens is 1. The smallest absolute Gasteiger partial charge is 0.321 e. The molecule has 0 fully saturated rings. The molecule has 0 saturated heterocycles. The van der Waals surface area contributed by atoms with E-state index in [-0.39, 0.29) is 10.9 Å². The quantitative estimate of drug-likeness (QED) is 0.842. The second kappa shape index (κ2) is 4.98. The van der Waals surface area contributed by atoms with Gasteiger partial charge in [-0.15, -0.1) is 0 Å². The van der Waals surface area contributed by atoms with E-state index in [4.69, 9.17) is 4.42 Å². The molecule has 104 valence electrons. The minimum Gasteiger partial charge on any atom is -0.469 e. The van der Waals surface area contributed by atoms with Gasteiger partial charge in [0.05, 0.1) is 11.1 Å². The van der Waals surface area contributed by atoms with Gasteiger partial charge in [0, 0.05) is 24.8 Å². The molecule has 1 atom stereocenters. The molecule has 0 saturated carbocycles. The Kier molecular flexibility index (Phi) is 3.30. The zero-order valence-electron chi connectivity index (χ0n) is 11.3. The summed E-state index contributed by atoms with van der Waals surface area (Å²) in [7, 11) is 1.79. The van der Waals surface area contributed by atoms with Gasteiger partial charge in [-0.3, -0.25) is 0 Å². The van der Waals surface area contributed by atoms with E-state index in [0.29, 0.717) is 6.54 Å². The molecule has 4 nitrogen and oxygen atoms in total. The second-order valence-electron chi connectivity index (χ2n) is 5.06. The summed E-state index contributed by atoms with van der Waals surface area (Å²) in [6.45, 7) is 2.56. The van der Waals surface area contributed by atoms with E-state index in [0.717, 1.165) is 28.1 Å². The minimum atomic E-state index is -0.0638. The topological polar surface area (TPSA) is 45.5 Å². The number of hydrogen-bond acceptors (Lipinski definition) is 2. The van der Waals surface area contributed by atoms with Crippen LogP contribution in [0.5, 0.6) is 0 Å². The molecule has 1 aromatic carbocycles. The van der Waals surface area contributed by atoms with Crippen molar-refractivity contribution in [3.05, 3.63) is 53.0 Å². The van der Waals surface area contributed by atoms with Crippen LogP contribution in [-0.4, -0.2) is 18.0 Å². The van der Waals surface area contributed by atoms with E-state index in [1.165, 1.54) is 0 Å². The van der Waals surface area contributed by atoms with Gasteiger partial charge < -0.3 is 14.6 Å². The lowest BCUT2D eigenvalue weighted by Gasteiger charge is -2.26. The SMILES string of the molecule is Cc1cc(C(Br)c2ccc3c(c2)CN(C)C(=O)N3)co1. The van der Waals surface area contributed by atoms with E-state index in [1.54, 1.807) is 18.2 Å². The van der Waals surface area contributed by atoms with E-state index in [9.17, 15) is 4.79 Å². The molecule has 0 aliphatic carbocycles. The van der Waals surface area contributed by atoms with Gasteiger partial charge in [0.2, 0.25) is 0 Å². The molecule has 1 unspecified atom stereocenters. The number of amides is 2. The van der Waals surface area contributed by atoms with Gasteiger partial charge in [-0.1, -0.05) is 28.1 Å². The summed E-state index contributed by atoms with van der Waals surface area (Å²) >= 11 is 3.70. The van der Waals surface area contributed by atoms with Crippen LogP contribution in [0.2, 0.25) is 0 Å². The third kappa shape index (κ3) is 2.33. The lowest BCUT2D eigenvalue weighted by atomic mass is 10.0. The molecular formula is C15H15BrN2O2. The number of benzene rings is 1. The van der Waals surface area contributed by atoms with E-state index < -0.39 is 0 Å². The summed E-state index contributed by atoms with van der Waals surface area (Å²) in [5, 5.41) is 2.87. The number of rotatable bonds is 2. The number of anilines is 1. The number of nitrogens with zero attached hydrogens (tertiary/aromatic N) is 1. The van der Waals surface area contributed by atoms with Gasteiger partial charge in [-0.2, -0.15) is 0 Å². The predicted molar refractivity (Wildman–Crippen MR) is 81.1 cm³/mol. The third-order valence-corrected chi connectivity index (χ3v) is 4.52. The number of carbonyl (C=O) groups excluding carboxylic acids is 1. The van der Waals surface area contributed by atoms with Crippen LogP contribution in [0.1, 0.15) is 27.3 Å². The summed E-state index contributed by atoms with van der Waals surface area (Å²) in [6.07, 6.45) is 1.77. The summed E-state index contributed by atoms with van der Waals surface area (Å²) in [5.41, 5.74) is 4.25. The lowest BCUT2D eigenvalue weighted by Crippen LogP contribution is -2.35. The highest BCUT2D eigenvalue weighted by Crippen LogP contribution is 2.34. The molecule has 1 aliphatic rings. The molecular weight excluding hydrogens is 320 g/mol. The molecule has 1 N–H and O–H groups in total. The number of aryl methyl sites for hydroxylation is 1. The number of urea groups is 1. The van der Waals surface area contributed by atoms with Crippen molar-refractivity contribution < 1.29 is 9.21 Å². The predicted octanol–water partition coefficient (Wildman–Crippen LogP) is 4.05. The highest BCUT2D eigenvalue weighted by molar-refractivity contribution is 9.09. The average Bonchev–Trinajstić information content (AvgIpc) is 2.85. The highest BCUT2D eigenvalue weighted by Gasteiger charge is 2.21. The largest absolute Gasteiger partial charge is 0.469 e. The summed E-state index contributed by atoms with van der Waals surface area (Å²) < 4.78 is 5.36. The van der Waals surface area contributed by atoms with Crippen LogP contribution in [0.3, 0.4) is 0 Å². The molecule has 2 amide bonds. The van der Waals surface area contributed by atoms with Gasteiger partial charge in [0.1, 0.15) is 5.76 Å². The van der Waals surface area contributed by atoms with Gasteiger partial charge in [0.15, 0.2) is 0 Å². The first-order chi connectivity index (χ1) is 9.54. The molecule has 20 heavy (non-hydrogen) atoms. The lowest BCUT2D eigenvalue weighted by molar-refractivity contribution is 0.218. The van der Waals surface area contributed by atoms with Crippen molar-refractivity contribution >= 4 is 27.6 Å². The van der Waals surface area contributed by atoms with Crippen molar-refractivity contribution in [2.75, 3.05) is 12.4 Å². The van der Waals surface area contributed by atoms with E-state index >= 15 is 0 Å². The number of carbonyl (C=O) groups is 1. The Hall–Kier alpha value is -1.75. The zero-order valence-corrected chi connectivity index (χ0v) is 12.9. The van der Waals surface area contributed by atoms with Crippen molar-refractivity contribution in [3.63, 3.8) is 0 Å². The Morgan fingerprint density at radius 3 is 2.85 bits per heavy atom. The van der Waals surface area contributed by atoms with Gasteiger partial charge in [-0.25, -0.2) is 4.79 Å². The van der Waals surface area contributed by atoms with Crippen molar-refractivity contribution in [2.45, 2.75) is 18.3 Å². The Morgan fingerprint density at radius 2 is 2.15 bits per heavy atom. The maximum atomic E-state index is 11.6. The fourth-order valence-electron chi connectivity index (χ4n) is 2.35. The molecule has 3 rings (SSSR count). The average molecular weight is 335 g/mol. The van der Waals surface area contributed by atoms with Gasteiger partial charge in [-0.05, 0) is 30.2 Å². The minimum absolute atomic E-state index is 0.0638. The molecule has 2 heterocycles. The number of alkyl halides is 1. The fourth-order valence-corrected chi connectivity index (χ4v) is 2.88. The Balaban J connectivity index is 1.92. The number of fused-ring (bicyclic) bond motifs is 1. The van der Waals surface area contributed by atoms with Crippen LogP contribution in [0.15, 0.2) is 34.9 Å². The number of nitrogens with one attached hydrogen (secondary N) is 1. The molecule has 5 heteroatoms. The second-order valence-corrected chi connectivity index (χ2v) is 5.97. The third-order valence-electron chi connectivity index (χ3n) is 3.46. The molecule has 0 bridgehead atoms. The monoisotopic (exact) mass is 334 g/mol. The normalized spacial score (nSPS) is 15.8. The maximum Gasteiger partial charge on any atom is 0.321 e. The summed E-state index contributed by atoms with van der Waals surface area (Å²) in [5.74, 6) is 0.898. The van der Waals surface area contributed by atoms with Crippen LogP contribution in [0.4, 0.5) is 10.5 Å². The Labute approximate surface area is 125 Å². The number of hydrogen-bond donors (Lipinski definition) is 1. The molecule has 1 aromatic heterocycles. The van der Waals surface area contributed by atoms with Crippen molar-refractivity contribution in [2.24, 2.45) is 0 Å². The van der Waals surface area contributed by atoms with Gasteiger partial charge >= 0.3 is 6.03 Å². The number of furan rings is 1. The fraction of sp³-hybridized carbons (Fsp3) is 0.267. The van der Waals surface area contributed by atoms with Crippen molar-refractivity contribution in [1.82, 2.24) is 4.90 Å². The van der Waals surface area contributed by atoms with Crippen LogP contribution >= 0.6 is 15.9 Å². The van der Waals surface area contributed by atoms with Crippen LogP contribution in [0.25, 0.3) is 0 Å². The van der Waals surface area contributed by atoms with Crippen LogP contribution in [-0.2, 0) is 6.54 Å². The van der Waals surface area contributed by atoms with Crippen molar-refractivity contribution in [3.8, 4) is 0 Å². The highest BCUT2D eigenvalue weighted by atomic mass is 79.9. The van der Waals surface area contributed by atoms with Gasteiger partial charge in [0.25, 0.3) is 0 Å². The van der Waals surface area contributed by atoms with Crippen LogP contribution < -0.4 is 5.32 Å². The molecule has 1 aliphatic heterocycles. The first-order valence-corrected chi connectivity index (χ1v) is 7.30. The van der Waals surface area contributed by atoms with E-state index in [2.05, 4.69) is 27.3 Å². The first-order valence-electron chi connectivity index (χ1n) is 6.38. The van der Waals surface area contributed by atoms with E-state index in [1.807, 2.05) is 25.1 Å². The van der Waals surface area contributed by atoms with Crippen molar-refractivity contribution in [1.29, 1.82) is 0 Å². The summed E-state index contributed by atoms with van der Waals surface area (Å²) in [4.78, 5) is 13.3. The maximum absolute atomic E-state index is 11.6.